The Labute approximate surface area is 140 Å². The third-order valence-corrected chi connectivity index (χ3v) is 5.28. The largest absolute Gasteiger partial charge is 0.388 e. The van der Waals surface area contributed by atoms with Crippen molar-refractivity contribution in [1.82, 2.24) is 10.2 Å². The van der Waals surface area contributed by atoms with E-state index in [0.29, 0.717) is 12.0 Å². The Morgan fingerprint density at radius 3 is 2.20 bits per heavy atom. The Hall–Kier alpha value is -0.0400. The first-order chi connectivity index (χ1) is 8.72. The molecule has 0 radical (unpaired) electrons. The lowest BCUT2D eigenvalue weighted by molar-refractivity contribution is -0.0678. The van der Waals surface area contributed by atoms with Crippen LogP contribution >= 0.6 is 24.0 Å². The quantitative estimate of drug-likeness (QED) is 0.439. The van der Waals surface area contributed by atoms with Crippen molar-refractivity contribution in [2.45, 2.75) is 65.0 Å². The second-order valence-electron chi connectivity index (χ2n) is 7.28. The minimum Gasteiger partial charge on any atom is -0.388 e. The number of rotatable bonds is 3. The summed E-state index contributed by atoms with van der Waals surface area (Å²) in [4.78, 5) is 7.00. The molecule has 2 rings (SSSR count). The van der Waals surface area contributed by atoms with Gasteiger partial charge in [0.2, 0.25) is 0 Å². The Kier molecular flexibility index (Phi) is 5.39. The lowest BCUT2D eigenvalue weighted by Gasteiger charge is -2.62. The Bertz CT molecular complexity index is 375. The van der Waals surface area contributed by atoms with Gasteiger partial charge in [-0.25, -0.2) is 0 Å². The number of guanidine groups is 1. The second kappa shape index (κ2) is 5.99. The van der Waals surface area contributed by atoms with Crippen LogP contribution in [0.25, 0.3) is 0 Å². The summed E-state index contributed by atoms with van der Waals surface area (Å²) in [5.74, 6) is 0.951. The SMILES string of the molecule is CCNC(=NCC1(O)CCC1)N1CC(C)(C)C1(C)C.I. The van der Waals surface area contributed by atoms with Crippen molar-refractivity contribution in [3.05, 3.63) is 0 Å². The summed E-state index contributed by atoms with van der Waals surface area (Å²) in [6, 6.07) is 0. The first-order valence-electron chi connectivity index (χ1n) is 7.50. The van der Waals surface area contributed by atoms with Crippen molar-refractivity contribution < 1.29 is 5.11 Å². The van der Waals surface area contributed by atoms with Gasteiger partial charge in [-0.1, -0.05) is 13.8 Å². The smallest absolute Gasteiger partial charge is 0.194 e. The third kappa shape index (κ3) is 3.08. The van der Waals surface area contributed by atoms with E-state index >= 15 is 0 Å². The number of hydrogen-bond acceptors (Lipinski definition) is 2. The highest BCUT2D eigenvalue weighted by atomic mass is 127. The third-order valence-electron chi connectivity index (χ3n) is 5.28. The molecule has 20 heavy (non-hydrogen) atoms. The van der Waals surface area contributed by atoms with Crippen LogP contribution in [0.5, 0.6) is 0 Å². The van der Waals surface area contributed by atoms with Crippen LogP contribution < -0.4 is 5.32 Å². The van der Waals surface area contributed by atoms with Crippen LogP contribution in [0.15, 0.2) is 4.99 Å². The van der Waals surface area contributed by atoms with E-state index in [9.17, 15) is 5.11 Å². The molecule has 0 unspecified atom stereocenters. The van der Waals surface area contributed by atoms with Crippen molar-refractivity contribution in [2.75, 3.05) is 19.6 Å². The van der Waals surface area contributed by atoms with Crippen LogP contribution in [0.4, 0.5) is 0 Å². The van der Waals surface area contributed by atoms with Gasteiger partial charge in [0, 0.05) is 24.0 Å². The van der Waals surface area contributed by atoms with Crippen molar-refractivity contribution in [1.29, 1.82) is 0 Å². The average Bonchev–Trinajstić information content (AvgIpc) is 2.29. The zero-order valence-electron chi connectivity index (χ0n) is 13.5. The topological polar surface area (TPSA) is 47.9 Å². The standard InChI is InChI=1S/C15H29N3O.HI/c1-6-16-12(17-10-15(19)8-7-9-15)18-11-13(2,3)14(18,4)5;/h19H,6-11H2,1-5H3,(H,16,17);1H. The van der Waals surface area contributed by atoms with Crippen LogP contribution in [0.2, 0.25) is 0 Å². The van der Waals surface area contributed by atoms with Gasteiger partial charge in [0.15, 0.2) is 5.96 Å². The second-order valence-corrected chi connectivity index (χ2v) is 7.28. The van der Waals surface area contributed by atoms with Gasteiger partial charge in [-0.05, 0) is 40.0 Å². The minimum atomic E-state index is -0.537. The molecule has 0 atom stereocenters. The lowest BCUT2D eigenvalue weighted by atomic mass is 9.65. The maximum absolute atomic E-state index is 10.2. The molecule has 0 aromatic rings. The van der Waals surface area contributed by atoms with Gasteiger partial charge in [-0.3, -0.25) is 4.99 Å². The summed E-state index contributed by atoms with van der Waals surface area (Å²) < 4.78 is 0. The molecule has 1 aliphatic carbocycles. The Balaban J connectivity index is 0.00000200. The predicted molar refractivity (Wildman–Crippen MR) is 94.8 cm³/mol. The number of nitrogens with one attached hydrogen (secondary N) is 1. The van der Waals surface area contributed by atoms with E-state index in [1.165, 1.54) is 0 Å². The number of aliphatic imine (C=N–C) groups is 1. The summed E-state index contributed by atoms with van der Waals surface area (Å²) in [5, 5.41) is 13.5. The molecule has 0 spiro atoms. The zero-order valence-corrected chi connectivity index (χ0v) is 15.8. The maximum Gasteiger partial charge on any atom is 0.194 e. The monoisotopic (exact) mass is 395 g/mol. The van der Waals surface area contributed by atoms with Crippen molar-refractivity contribution in [2.24, 2.45) is 10.4 Å². The maximum atomic E-state index is 10.2. The number of halogens is 1. The van der Waals surface area contributed by atoms with Crippen LogP contribution in [0.3, 0.4) is 0 Å². The van der Waals surface area contributed by atoms with Crippen molar-refractivity contribution >= 4 is 29.9 Å². The number of aliphatic hydroxyl groups is 1. The summed E-state index contributed by atoms with van der Waals surface area (Å²) in [7, 11) is 0. The van der Waals surface area contributed by atoms with E-state index in [1.54, 1.807) is 0 Å². The van der Waals surface area contributed by atoms with Gasteiger partial charge in [-0.2, -0.15) is 0 Å². The molecule has 1 heterocycles. The molecule has 2 fully saturated rings. The molecule has 5 heteroatoms. The highest BCUT2D eigenvalue weighted by Gasteiger charge is 2.53. The lowest BCUT2D eigenvalue weighted by Crippen LogP contribution is -2.72. The Morgan fingerprint density at radius 1 is 1.25 bits per heavy atom. The molecule has 0 bridgehead atoms. The summed E-state index contributed by atoms with van der Waals surface area (Å²) >= 11 is 0. The average molecular weight is 395 g/mol. The van der Waals surface area contributed by atoms with Crippen molar-refractivity contribution in [3.8, 4) is 0 Å². The zero-order chi connectivity index (χ0) is 14.3. The minimum absolute atomic E-state index is 0. The van der Waals surface area contributed by atoms with Crippen molar-refractivity contribution in [3.63, 3.8) is 0 Å². The van der Waals surface area contributed by atoms with Crippen LogP contribution in [-0.4, -0.2) is 46.7 Å². The fraction of sp³-hybridized carbons (Fsp3) is 0.933. The molecule has 0 aromatic carbocycles. The fourth-order valence-corrected chi connectivity index (χ4v) is 2.76. The highest BCUT2D eigenvalue weighted by Crippen LogP contribution is 2.46. The fourth-order valence-electron chi connectivity index (χ4n) is 2.76. The first kappa shape index (κ1) is 18.0. The van der Waals surface area contributed by atoms with Gasteiger partial charge < -0.3 is 15.3 Å². The first-order valence-corrected chi connectivity index (χ1v) is 7.50. The van der Waals surface area contributed by atoms with Crippen LogP contribution in [0.1, 0.15) is 53.9 Å². The molecule has 1 saturated carbocycles. The molecule has 1 saturated heterocycles. The number of hydrogen-bond donors (Lipinski definition) is 2. The summed E-state index contributed by atoms with van der Waals surface area (Å²) in [6.07, 6.45) is 2.92. The molecule has 0 aromatic heterocycles. The predicted octanol–water partition coefficient (Wildman–Crippen LogP) is 2.61. The highest BCUT2D eigenvalue weighted by molar-refractivity contribution is 14.0. The van der Waals surface area contributed by atoms with E-state index in [0.717, 1.165) is 38.3 Å². The molecule has 0 amide bonds. The molecule has 1 aliphatic heterocycles. The van der Waals surface area contributed by atoms with E-state index in [-0.39, 0.29) is 29.5 Å². The Morgan fingerprint density at radius 2 is 1.85 bits per heavy atom. The summed E-state index contributed by atoms with van der Waals surface area (Å²) in [6.45, 7) is 13.6. The molecule has 2 N–H and O–H groups in total. The van der Waals surface area contributed by atoms with Gasteiger partial charge in [-0.15, -0.1) is 24.0 Å². The molecular weight excluding hydrogens is 365 g/mol. The van der Waals surface area contributed by atoms with Gasteiger partial charge in [0.25, 0.3) is 0 Å². The van der Waals surface area contributed by atoms with E-state index in [2.05, 4.69) is 49.8 Å². The molecule has 118 valence electrons. The molecule has 4 nitrogen and oxygen atoms in total. The van der Waals surface area contributed by atoms with Gasteiger partial charge in [0.05, 0.1) is 12.1 Å². The van der Waals surface area contributed by atoms with Crippen LogP contribution in [-0.2, 0) is 0 Å². The normalized spacial score (nSPS) is 26.1. The van der Waals surface area contributed by atoms with E-state index in [1.807, 2.05) is 0 Å². The van der Waals surface area contributed by atoms with Gasteiger partial charge in [0.1, 0.15) is 0 Å². The van der Waals surface area contributed by atoms with Gasteiger partial charge >= 0.3 is 0 Å². The van der Waals surface area contributed by atoms with Crippen LogP contribution in [0, 0.1) is 5.41 Å². The number of likely N-dealkylation sites (tertiary alicyclic amines) is 1. The molecule has 2 aliphatic rings. The van der Waals surface area contributed by atoms with E-state index < -0.39 is 5.60 Å². The number of nitrogens with zero attached hydrogens (tertiary/aromatic N) is 2. The summed E-state index contributed by atoms with van der Waals surface area (Å²) in [5.41, 5.74) is -0.127. The van der Waals surface area contributed by atoms with E-state index in [4.69, 9.17) is 0 Å². The molecular formula is C15H30IN3O.